The van der Waals surface area contributed by atoms with Crippen LogP contribution in [0.2, 0.25) is 0 Å². The second kappa shape index (κ2) is 4.24. The Bertz CT molecular complexity index is 130. The fourth-order valence-corrected chi connectivity index (χ4v) is 1.54. The van der Waals surface area contributed by atoms with Crippen LogP contribution in [0.4, 0.5) is 0 Å². The maximum atomic E-state index is 5.27. The average Bonchev–Trinajstić information content (AvgIpc) is 2.80. The Morgan fingerprint density at radius 2 is 2.08 bits per heavy atom. The number of rotatable bonds is 6. The molecular weight excluding hydrogens is 150 g/mol. The summed E-state index contributed by atoms with van der Waals surface area (Å²) in [7, 11) is 0. The zero-order chi connectivity index (χ0) is 9.03. The lowest BCUT2D eigenvalue weighted by Gasteiger charge is -2.26. The predicted molar refractivity (Wildman–Crippen MR) is 51.3 cm³/mol. The third kappa shape index (κ3) is 3.11. The molecule has 2 nitrogen and oxygen atoms in total. The molecule has 0 aliphatic heterocycles. The monoisotopic (exact) mass is 171 g/mol. The van der Waals surface area contributed by atoms with Gasteiger partial charge in [0.2, 0.25) is 0 Å². The lowest BCUT2D eigenvalue weighted by Crippen LogP contribution is -2.43. The van der Waals surface area contributed by atoms with Crippen LogP contribution in [0.1, 0.15) is 33.6 Å². The van der Waals surface area contributed by atoms with E-state index < -0.39 is 0 Å². The summed E-state index contributed by atoms with van der Waals surface area (Å²) >= 11 is 0. The number of hydrogen-bond acceptors (Lipinski definition) is 2. The lowest BCUT2D eigenvalue weighted by molar-refractivity contribution is 0.140. The first kappa shape index (κ1) is 10.0. The highest BCUT2D eigenvalue weighted by atomic mass is 16.5. The topological polar surface area (TPSA) is 21.3 Å². The van der Waals surface area contributed by atoms with E-state index in [9.17, 15) is 0 Å². The highest BCUT2D eigenvalue weighted by Gasteiger charge is 2.36. The first-order valence-electron chi connectivity index (χ1n) is 4.99. The summed E-state index contributed by atoms with van der Waals surface area (Å²) in [6.07, 6.45) is 2.79. The molecule has 12 heavy (non-hydrogen) atoms. The van der Waals surface area contributed by atoms with Gasteiger partial charge in [0, 0.05) is 18.7 Å². The fraction of sp³-hybridized carbons (Fsp3) is 1.00. The van der Waals surface area contributed by atoms with Gasteiger partial charge in [-0.05, 0) is 39.5 Å². The van der Waals surface area contributed by atoms with Crippen LogP contribution < -0.4 is 5.32 Å². The standard InChI is InChI=1S/C10H21NO/c1-4-12-8-7-11-10(2,3)9-5-6-9/h9,11H,4-8H2,1-3H3. The average molecular weight is 171 g/mol. The van der Waals surface area contributed by atoms with E-state index in [0.29, 0.717) is 5.54 Å². The highest BCUT2D eigenvalue weighted by Crippen LogP contribution is 2.38. The minimum atomic E-state index is 0.330. The quantitative estimate of drug-likeness (QED) is 0.615. The van der Waals surface area contributed by atoms with E-state index in [1.165, 1.54) is 12.8 Å². The van der Waals surface area contributed by atoms with E-state index >= 15 is 0 Å². The largest absolute Gasteiger partial charge is 0.380 e. The molecule has 0 heterocycles. The highest BCUT2D eigenvalue weighted by molar-refractivity contribution is 4.94. The molecule has 0 bridgehead atoms. The van der Waals surface area contributed by atoms with Gasteiger partial charge in [-0.3, -0.25) is 0 Å². The van der Waals surface area contributed by atoms with E-state index in [1.54, 1.807) is 0 Å². The van der Waals surface area contributed by atoms with Crippen LogP contribution in [0.3, 0.4) is 0 Å². The molecule has 0 amide bonds. The van der Waals surface area contributed by atoms with Crippen LogP contribution in [0.25, 0.3) is 0 Å². The molecule has 0 atom stereocenters. The van der Waals surface area contributed by atoms with Crippen LogP contribution >= 0.6 is 0 Å². The van der Waals surface area contributed by atoms with Gasteiger partial charge in [0.15, 0.2) is 0 Å². The van der Waals surface area contributed by atoms with E-state index in [2.05, 4.69) is 19.2 Å². The molecule has 1 N–H and O–H groups in total. The molecular formula is C10H21NO. The van der Waals surface area contributed by atoms with E-state index in [0.717, 1.165) is 25.7 Å². The first-order valence-corrected chi connectivity index (χ1v) is 4.99. The number of hydrogen-bond donors (Lipinski definition) is 1. The van der Waals surface area contributed by atoms with Crippen molar-refractivity contribution in [1.82, 2.24) is 5.32 Å². The van der Waals surface area contributed by atoms with Gasteiger partial charge in [-0.1, -0.05) is 0 Å². The Labute approximate surface area is 75.7 Å². The van der Waals surface area contributed by atoms with Crippen molar-refractivity contribution >= 4 is 0 Å². The molecule has 0 radical (unpaired) electrons. The molecule has 0 saturated heterocycles. The van der Waals surface area contributed by atoms with Gasteiger partial charge in [0.25, 0.3) is 0 Å². The maximum Gasteiger partial charge on any atom is 0.0590 e. The first-order chi connectivity index (χ1) is 5.67. The van der Waals surface area contributed by atoms with Crippen LogP contribution in [0.15, 0.2) is 0 Å². The fourth-order valence-electron chi connectivity index (χ4n) is 1.54. The van der Waals surface area contributed by atoms with Crippen molar-refractivity contribution in [2.24, 2.45) is 5.92 Å². The smallest absolute Gasteiger partial charge is 0.0590 e. The van der Waals surface area contributed by atoms with Crippen molar-refractivity contribution in [3.05, 3.63) is 0 Å². The molecule has 1 fully saturated rings. The summed E-state index contributed by atoms with van der Waals surface area (Å²) in [5, 5.41) is 3.53. The van der Waals surface area contributed by atoms with E-state index in [1.807, 2.05) is 6.92 Å². The normalized spacial score (nSPS) is 18.2. The van der Waals surface area contributed by atoms with E-state index in [4.69, 9.17) is 4.74 Å². The van der Waals surface area contributed by atoms with Gasteiger partial charge in [-0.15, -0.1) is 0 Å². The van der Waals surface area contributed by atoms with Crippen molar-refractivity contribution in [1.29, 1.82) is 0 Å². The summed E-state index contributed by atoms with van der Waals surface area (Å²) in [5.74, 6) is 0.902. The molecule has 1 aliphatic rings. The molecule has 2 heteroatoms. The zero-order valence-corrected chi connectivity index (χ0v) is 8.52. The van der Waals surface area contributed by atoms with Crippen molar-refractivity contribution in [3.8, 4) is 0 Å². The van der Waals surface area contributed by atoms with Gasteiger partial charge in [0.1, 0.15) is 0 Å². The van der Waals surface area contributed by atoms with Crippen molar-refractivity contribution in [2.45, 2.75) is 39.2 Å². The van der Waals surface area contributed by atoms with E-state index in [-0.39, 0.29) is 0 Å². The second-order valence-electron chi connectivity index (χ2n) is 4.12. The summed E-state index contributed by atoms with van der Waals surface area (Å²) in [5.41, 5.74) is 0.330. The minimum absolute atomic E-state index is 0.330. The van der Waals surface area contributed by atoms with Crippen LogP contribution in [-0.4, -0.2) is 25.3 Å². The molecule has 1 saturated carbocycles. The molecule has 1 rings (SSSR count). The summed E-state index contributed by atoms with van der Waals surface area (Å²) in [6, 6.07) is 0. The van der Waals surface area contributed by atoms with Crippen molar-refractivity contribution in [3.63, 3.8) is 0 Å². The summed E-state index contributed by atoms with van der Waals surface area (Å²) in [4.78, 5) is 0. The predicted octanol–water partition coefficient (Wildman–Crippen LogP) is 1.80. The van der Waals surface area contributed by atoms with Crippen LogP contribution in [-0.2, 0) is 4.74 Å². The minimum Gasteiger partial charge on any atom is -0.380 e. The molecule has 1 aliphatic carbocycles. The molecule has 0 aromatic rings. The molecule has 0 aromatic heterocycles. The second-order valence-corrected chi connectivity index (χ2v) is 4.12. The third-order valence-electron chi connectivity index (χ3n) is 2.63. The van der Waals surface area contributed by atoms with Gasteiger partial charge in [0.05, 0.1) is 6.61 Å². The molecule has 0 spiro atoms. The van der Waals surface area contributed by atoms with Crippen LogP contribution in [0, 0.1) is 5.92 Å². The Kier molecular flexibility index (Phi) is 3.53. The Balaban J connectivity index is 2.04. The number of nitrogens with one attached hydrogen (secondary N) is 1. The summed E-state index contributed by atoms with van der Waals surface area (Å²) in [6.45, 7) is 9.26. The maximum absolute atomic E-state index is 5.27. The third-order valence-corrected chi connectivity index (χ3v) is 2.63. The van der Waals surface area contributed by atoms with Crippen molar-refractivity contribution in [2.75, 3.05) is 19.8 Å². The molecule has 72 valence electrons. The van der Waals surface area contributed by atoms with Gasteiger partial charge in [-0.2, -0.15) is 0 Å². The van der Waals surface area contributed by atoms with Crippen LogP contribution in [0.5, 0.6) is 0 Å². The Morgan fingerprint density at radius 1 is 1.42 bits per heavy atom. The summed E-state index contributed by atoms with van der Waals surface area (Å²) < 4.78 is 5.27. The molecule has 0 unspecified atom stereocenters. The van der Waals surface area contributed by atoms with Gasteiger partial charge in [-0.25, -0.2) is 0 Å². The zero-order valence-electron chi connectivity index (χ0n) is 8.52. The Hall–Kier alpha value is -0.0800. The lowest BCUT2D eigenvalue weighted by atomic mass is 9.99. The van der Waals surface area contributed by atoms with Gasteiger partial charge >= 0.3 is 0 Å². The SMILES string of the molecule is CCOCCNC(C)(C)C1CC1. The van der Waals surface area contributed by atoms with Gasteiger partial charge < -0.3 is 10.1 Å². The number of ether oxygens (including phenoxy) is 1. The molecule has 0 aromatic carbocycles. The van der Waals surface area contributed by atoms with Crippen molar-refractivity contribution < 1.29 is 4.74 Å². The Morgan fingerprint density at radius 3 is 2.58 bits per heavy atom.